The second-order valence-electron chi connectivity index (χ2n) is 12.4. The fraction of sp³-hybridized carbons (Fsp3) is 0.438. The van der Waals surface area contributed by atoms with Gasteiger partial charge in [-0.25, -0.2) is 0 Å². The summed E-state index contributed by atoms with van der Waals surface area (Å²) < 4.78 is 13.0. The lowest BCUT2D eigenvalue weighted by atomic mass is 9.64. The molecule has 1 N–H and O–H groups in total. The first-order valence-electron chi connectivity index (χ1n) is 13.5. The molecule has 1 aliphatic heterocycles. The average Bonchev–Trinajstić information content (AvgIpc) is 2.80. The van der Waals surface area contributed by atoms with Crippen LogP contribution >= 0.6 is 27.5 Å². The number of hydrogen-bond acceptors (Lipinski definition) is 5. The molecule has 206 valence electrons. The number of hydrogen-bond donors (Lipinski definition) is 1. The third kappa shape index (κ3) is 5.69. The predicted molar refractivity (Wildman–Crippen MR) is 157 cm³/mol. The zero-order chi connectivity index (χ0) is 28.1. The van der Waals surface area contributed by atoms with Crippen molar-refractivity contribution in [2.45, 2.75) is 72.8 Å². The Labute approximate surface area is 244 Å². The van der Waals surface area contributed by atoms with Gasteiger partial charge >= 0.3 is 0 Å². The highest BCUT2D eigenvalue weighted by Gasteiger charge is 2.46. The number of halogens is 2. The van der Waals surface area contributed by atoms with Gasteiger partial charge in [-0.2, -0.15) is 0 Å². The Bertz CT molecular complexity index is 1370. The van der Waals surface area contributed by atoms with Crippen molar-refractivity contribution < 1.29 is 19.1 Å². The first-order valence-corrected chi connectivity index (χ1v) is 14.7. The molecular weight excluding hydrogens is 578 g/mol. The Morgan fingerprint density at radius 2 is 1.54 bits per heavy atom. The van der Waals surface area contributed by atoms with E-state index in [0.717, 1.165) is 35.4 Å². The SMILES string of the molecule is CCOc1cc(C2C3=C(CC(C)(C)CC3=O)NC3=C2C(=O)CC(C)(C)C3)cc(Br)c1OCc1cccc(Cl)c1. The molecule has 0 spiro atoms. The van der Waals surface area contributed by atoms with Crippen LogP contribution in [0.5, 0.6) is 11.5 Å². The van der Waals surface area contributed by atoms with Gasteiger partial charge in [0.05, 0.1) is 11.1 Å². The van der Waals surface area contributed by atoms with Crippen molar-refractivity contribution in [2.75, 3.05) is 6.61 Å². The van der Waals surface area contributed by atoms with Crippen LogP contribution in [0.3, 0.4) is 0 Å². The quantitative estimate of drug-likeness (QED) is 0.358. The molecule has 7 heteroatoms. The number of ether oxygens (including phenoxy) is 2. The minimum atomic E-state index is -0.444. The summed E-state index contributed by atoms with van der Waals surface area (Å²) in [5, 5.41) is 4.23. The summed E-state index contributed by atoms with van der Waals surface area (Å²) in [6, 6.07) is 11.5. The Hall–Kier alpha value is -2.57. The minimum absolute atomic E-state index is 0.0956. The van der Waals surface area contributed by atoms with Crippen molar-refractivity contribution >= 4 is 39.1 Å². The monoisotopic (exact) mass is 611 g/mol. The maximum Gasteiger partial charge on any atom is 0.175 e. The molecule has 0 aromatic heterocycles. The van der Waals surface area contributed by atoms with Crippen molar-refractivity contribution in [1.29, 1.82) is 0 Å². The Morgan fingerprint density at radius 1 is 0.923 bits per heavy atom. The van der Waals surface area contributed by atoms with Gasteiger partial charge < -0.3 is 14.8 Å². The van der Waals surface area contributed by atoms with E-state index in [9.17, 15) is 9.59 Å². The summed E-state index contributed by atoms with van der Waals surface area (Å²) in [5.74, 6) is 0.890. The van der Waals surface area contributed by atoms with Crippen LogP contribution in [0.4, 0.5) is 0 Å². The van der Waals surface area contributed by atoms with Crippen molar-refractivity contribution in [3.05, 3.63) is 79.6 Å². The molecule has 0 fully saturated rings. The number of rotatable bonds is 6. The topological polar surface area (TPSA) is 64.6 Å². The van der Waals surface area contributed by atoms with Crippen molar-refractivity contribution in [3.8, 4) is 11.5 Å². The maximum absolute atomic E-state index is 13.7. The highest BCUT2D eigenvalue weighted by Crippen LogP contribution is 2.52. The molecular formula is C32H35BrClNO4. The summed E-state index contributed by atoms with van der Waals surface area (Å²) in [5.41, 5.74) is 4.81. The summed E-state index contributed by atoms with van der Waals surface area (Å²) in [6.07, 6.45) is 2.42. The van der Waals surface area contributed by atoms with E-state index in [1.165, 1.54) is 0 Å². The number of allylic oxidation sites excluding steroid dienone is 4. The molecule has 0 atom stereocenters. The van der Waals surface area contributed by atoms with Crippen LogP contribution in [0.15, 0.2) is 63.4 Å². The van der Waals surface area contributed by atoms with Crippen LogP contribution in [-0.4, -0.2) is 18.2 Å². The number of carbonyl (C=O) groups is 2. The van der Waals surface area contributed by atoms with Gasteiger partial charge in [0.2, 0.25) is 0 Å². The van der Waals surface area contributed by atoms with Gasteiger partial charge in [-0.05, 0) is 81.9 Å². The van der Waals surface area contributed by atoms with E-state index in [1.807, 2.05) is 43.3 Å². The van der Waals surface area contributed by atoms with Crippen molar-refractivity contribution in [3.63, 3.8) is 0 Å². The van der Waals surface area contributed by atoms with E-state index in [4.69, 9.17) is 21.1 Å². The smallest absolute Gasteiger partial charge is 0.175 e. The highest BCUT2D eigenvalue weighted by atomic mass is 79.9. The van der Waals surface area contributed by atoms with Crippen LogP contribution in [0.25, 0.3) is 0 Å². The molecule has 39 heavy (non-hydrogen) atoms. The number of ketones is 2. The van der Waals surface area contributed by atoms with Gasteiger partial charge in [-0.3, -0.25) is 9.59 Å². The van der Waals surface area contributed by atoms with E-state index < -0.39 is 5.92 Å². The molecule has 0 bridgehead atoms. The summed E-state index contributed by atoms with van der Waals surface area (Å²) >= 11 is 9.87. The molecule has 0 amide bonds. The first-order chi connectivity index (χ1) is 18.4. The number of carbonyl (C=O) groups excluding carboxylic acids is 2. The fourth-order valence-corrected chi connectivity index (χ4v) is 6.95. The molecule has 0 unspecified atom stereocenters. The molecule has 1 heterocycles. The van der Waals surface area contributed by atoms with Crippen LogP contribution in [0.2, 0.25) is 5.02 Å². The summed E-state index contributed by atoms with van der Waals surface area (Å²) in [7, 11) is 0. The third-order valence-corrected chi connectivity index (χ3v) is 8.48. The molecule has 2 aromatic rings. The molecule has 2 aromatic carbocycles. The largest absolute Gasteiger partial charge is 0.490 e. The van der Waals surface area contributed by atoms with E-state index in [0.29, 0.717) is 58.2 Å². The highest BCUT2D eigenvalue weighted by molar-refractivity contribution is 9.10. The van der Waals surface area contributed by atoms with Gasteiger partial charge in [0, 0.05) is 46.3 Å². The zero-order valence-corrected chi connectivity index (χ0v) is 25.5. The van der Waals surface area contributed by atoms with Crippen LogP contribution in [0, 0.1) is 10.8 Å². The van der Waals surface area contributed by atoms with Gasteiger partial charge in [0.25, 0.3) is 0 Å². The Kier molecular flexibility index (Phi) is 7.49. The molecule has 5 nitrogen and oxygen atoms in total. The third-order valence-electron chi connectivity index (χ3n) is 7.66. The number of nitrogens with one attached hydrogen (secondary N) is 1. The van der Waals surface area contributed by atoms with Gasteiger partial charge in [0.15, 0.2) is 23.1 Å². The van der Waals surface area contributed by atoms with E-state index in [2.05, 4.69) is 48.9 Å². The van der Waals surface area contributed by atoms with Gasteiger partial charge in [-0.1, -0.05) is 51.4 Å². The number of Topliss-reactive ketones (excluding diaryl/α,β-unsaturated/α-hetero) is 2. The summed E-state index contributed by atoms with van der Waals surface area (Å²) in [6.45, 7) is 11.2. The van der Waals surface area contributed by atoms with Crippen molar-refractivity contribution in [1.82, 2.24) is 5.32 Å². The average molecular weight is 613 g/mol. The number of benzene rings is 2. The lowest BCUT2D eigenvalue weighted by Crippen LogP contribution is -2.42. The normalized spacial score (nSPS) is 20.4. The zero-order valence-electron chi connectivity index (χ0n) is 23.2. The Balaban J connectivity index is 1.61. The van der Waals surface area contributed by atoms with E-state index in [1.54, 1.807) is 0 Å². The standard InChI is InChI=1S/C32H35BrClNO4/c1-6-38-26-12-19(11-21(33)30(26)39-17-18-8-7-9-20(34)10-18)27-28-22(13-31(2,3)15-24(28)36)35-23-14-32(4,5)16-25(37)29(23)27/h7-12,27,35H,6,13-17H2,1-5H3. The lowest BCUT2D eigenvalue weighted by molar-refractivity contribution is -0.119. The maximum atomic E-state index is 13.7. The molecule has 0 saturated carbocycles. The van der Waals surface area contributed by atoms with Gasteiger partial charge in [-0.15, -0.1) is 0 Å². The first kappa shape index (κ1) is 28.0. The van der Waals surface area contributed by atoms with Crippen LogP contribution < -0.4 is 14.8 Å². The molecule has 3 aliphatic rings. The molecule has 0 radical (unpaired) electrons. The second kappa shape index (κ2) is 10.4. The minimum Gasteiger partial charge on any atom is -0.490 e. The fourth-order valence-electron chi connectivity index (χ4n) is 6.16. The molecule has 2 aliphatic carbocycles. The Morgan fingerprint density at radius 3 is 2.10 bits per heavy atom. The molecule has 0 saturated heterocycles. The van der Waals surface area contributed by atoms with Crippen LogP contribution in [0.1, 0.15) is 77.3 Å². The van der Waals surface area contributed by atoms with Crippen LogP contribution in [-0.2, 0) is 16.2 Å². The predicted octanol–water partition coefficient (Wildman–Crippen LogP) is 8.05. The summed E-state index contributed by atoms with van der Waals surface area (Å²) in [4.78, 5) is 27.4. The second-order valence-corrected chi connectivity index (χ2v) is 13.7. The van der Waals surface area contributed by atoms with Gasteiger partial charge in [0.1, 0.15) is 6.61 Å². The van der Waals surface area contributed by atoms with E-state index >= 15 is 0 Å². The number of dihydropyridines is 1. The van der Waals surface area contributed by atoms with Crippen molar-refractivity contribution in [2.24, 2.45) is 10.8 Å². The lowest BCUT2D eigenvalue weighted by Gasteiger charge is -2.44. The molecule has 5 rings (SSSR count). The van der Waals surface area contributed by atoms with E-state index in [-0.39, 0.29) is 22.4 Å².